The Morgan fingerprint density at radius 1 is 1.40 bits per heavy atom. The van der Waals surface area contributed by atoms with Gasteiger partial charge in [0.25, 0.3) is 5.56 Å². The van der Waals surface area contributed by atoms with E-state index < -0.39 is 0 Å². The highest BCUT2D eigenvalue weighted by Crippen LogP contribution is 2.42. The molecule has 0 aliphatic heterocycles. The first-order valence-electron chi connectivity index (χ1n) is 7.00. The fourth-order valence-electron chi connectivity index (χ4n) is 2.66. The Balaban J connectivity index is 2.23. The molecule has 1 aliphatic rings. The monoisotopic (exact) mass is 291 g/mol. The Morgan fingerprint density at radius 2 is 2.15 bits per heavy atom. The van der Waals surface area contributed by atoms with Crippen molar-refractivity contribution in [1.82, 2.24) is 9.36 Å². The van der Waals surface area contributed by atoms with Gasteiger partial charge in [0.15, 0.2) is 0 Å². The molecule has 1 aromatic carbocycles. The van der Waals surface area contributed by atoms with Crippen LogP contribution < -0.4 is 11.3 Å². The van der Waals surface area contributed by atoms with Gasteiger partial charge in [-0.05, 0) is 37.5 Å². The molecule has 0 spiro atoms. The summed E-state index contributed by atoms with van der Waals surface area (Å²) in [6.45, 7) is 2.88. The first-order chi connectivity index (χ1) is 9.63. The summed E-state index contributed by atoms with van der Waals surface area (Å²) in [5.74, 6) is 0.440. The molecule has 106 valence electrons. The zero-order chi connectivity index (χ0) is 14.3. The van der Waals surface area contributed by atoms with E-state index in [1.807, 2.05) is 16.8 Å². The van der Waals surface area contributed by atoms with Crippen LogP contribution in [0.4, 0.5) is 5.69 Å². The lowest BCUT2D eigenvalue weighted by Gasteiger charge is -2.14. The number of benzene rings is 1. The normalized spacial score (nSPS) is 14.7. The third kappa shape index (κ3) is 2.14. The summed E-state index contributed by atoms with van der Waals surface area (Å²) in [5.41, 5.74) is 8.09. The number of nitrogens with two attached hydrogens (primary N) is 1. The Kier molecular flexibility index (Phi) is 3.34. The van der Waals surface area contributed by atoms with Crippen molar-refractivity contribution in [3.8, 4) is 5.69 Å². The molecule has 0 unspecified atom stereocenters. The molecule has 1 aliphatic carbocycles. The minimum Gasteiger partial charge on any atom is -0.393 e. The predicted octanol–water partition coefficient (Wildman–Crippen LogP) is 3.16. The van der Waals surface area contributed by atoms with Gasteiger partial charge in [-0.1, -0.05) is 24.6 Å². The molecule has 0 saturated heterocycles. The summed E-state index contributed by atoms with van der Waals surface area (Å²) in [6, 6.07) is 7.33. The third-order valence-corrected chi connectivity index (χ3v) is 3.91. The topological polar surface area (TPSA) is 52.9 Å². The molecule has 1 heterocycles. The zero-order valence-electron chi connectivity index (χ0n) is 11.5. The van der Waals surface area contributed by atoms with Crippen LogP contribution in [0.15, 0.2) is 29.1 Å². The van der Waals surface area contributed by atoms with E-state index in [4.69, 9.17) is 17.3 Å². The number of nitrogens with zero attached hydrogens (tertiary/aromatic N) is 2. The smallest absolute Gasteiger partial charge is 0.294 e. The van der Waals surface area contributed by atoms with Gasteiger partial charge in [0.1, 0.15) is 5.69 Å². The van der Waals surface area contributed by atoms with Crippen LogP contribution in [0.1, 0.15) is 37.8 Å². The van der Waals surface area contributed by atoms with Gasteiger partial charge in [0.05, 0.1) is 11.4 Å². The van der Waals surface area contributed by atoms with Gasteiger partial charge >= 0.3 is 0 Å². The van der Waals surface area contributed by atoms with Crippen LogP contribution in [-0.2, 0) is 6.54 Å². The largest absolute Gasteiger partial charge is 0.393 e. The van der Waals surface area contributed by atoms with Gasteiger partial charge in [-0.15, -0.1) is 0 Å². The molecule has 1 aromatic heterocycles. The summed E-state index contributed by atoms with van der Waals surface area (Å²) in [6.07, 6.45) is 3.19. The van der Waals surface area contributed by atoms with Crippen molar-refractivity contribution in [2.45, 2.75) is 38.6 Å². The van der Waals surface area contributed by atoms with Crippen molar-refractivity contribution in [3.05, 3.63) is 45.3 Å². The number of hydrogen-bond donors (Lipinski definition) is 1. The maximum absolute atomic E-state index is 12.5. The Labute approximate surface area is 122 Å². The second-order valence-electron chi connectivity index (χ2n) is 5.29. The summed E-state index contributed by atoms with van der Waals surface area (Å²) in [7, 11) is 0. The van der Waals surface area contributed by atoms with E-state index in [-0.39, 0.29) is 5.56 Å². The van der Waals surface area contributed by atoms with Crippen LogP contribution in [0.5, 0.6) is 0 Å². The second kappa shape index (κ2) is 5.02. The number of anilines is 1. The van der Waals surface area contributed by atoms with Gasteiger partial charge in [-0.2, -0.15) is 0 Å². The van der Waals surface area contributed by atoms with Crippen LogP contribution in [0.25, 0.3) is 5.69 Å². The predicted molar refractivity (Wildman–Crippen MR) is 81.7 cm³/mol. The summed E-state index contributed by atoms with van der Waals surface area (Å²) in [4.78, 5) is 12.5. The first-order valence-corrected chi connectivity index (χ1v) is 7.38. The van der Waals surface area contributed by atoms with E-state index in [1.165, 1.54) is 0 Å². The van der Waals surface area contributed by atoms with Crippen LogP contribution in [0.3, 0.4) is 0 Å². The molecule has 2 aromatic rings. The molecular formula is C15H18ClN3O. The molecule has 0 bridgehead atoms. The lowest BCUT2D eigenvalue weighted by molar-refractivity contribution is 0.515. The standard InChI is InChI=1S/C15H18ClN3O/c1-2-8-18-14(10-6-7-10)13(17)15(20)19(18)12-5-3-4-11(16)9-12/h3-5,9-10H,2,6-8,17H2,1H3. The van der Waals surface area contributed by atoms with Gasteiger partial charge in [0.2, 0.25) is 0 Å². The van der Waals surface area contributed by atoms with Gasteiger partial charge in [-0.3, -0.25) is 9.48 Å². The Hall–Kier alpha value is -1.68. The maximum Gasteiger partial charge on any atom is 0.294 e. The van der Waals surface area contributed by atoms with Gasteiger partial charge < -0.3 is 5.73 Å². The van der Waals surface area contributed by atoms with Crippen molar-refractivity contribution >= 4 is 17.3 Å². The number of nitrogen functional groups attached to an aromatic ring is 1. The molecule has 0 atom stereocenters. The van der Waals surface area contributed by atoms with Crippen LogP contribution >= 0.6 is 11.6 Å². The third-order valence-electron chi connectivity index (χ3n) is 3.67. The minimum absolute atomic E-state index is 0.136. The number of halogens is 1. The Bertz CT molecular complexity index is 698. The van der Waals surface area contributed by atoms with E-state index in [9.17, 15) is 4.79 Å². The van der Waals surface area contributed by atoms with E-state index in [0.29, 0.717) is 16.6 Å². The van der Waals surface area contributed by atoms with Crippen molar-refractivity contribution in [2.75, 3.05) is 5.73 Å². The molecule has 1 saturated carbocycles. The molecule has 20 heavy (non-hydrogen) atoms. The Morgan fingerprint density at radius 3 is 2.75 bits per heavy atom. The molecule has 2 N–H and O–H groups in total. The highest BCUT2D eigenvalue weighted by Gasteiger charge is 2.32. The SMILES string of the molecule is CCCn1c(C2CC2)c(N)c(=O)n1-c1cccc(Cl)c1. The fourth-order valence-corrected chi connectivity index (χ4v) is 2.85. The van der Waals surface area contributed by atoms with Crippen LogP contribution in [-0.4, -0.2) is 9.36 Å². The van der Waals surface area contributed by atoms with Crippen molar-refractivity contribution < 1.29 is 0 Å². The molecule has 5 heteroatoms. The van der Waals surface area contributed by atoms with Crippen molar-refractivity contribution in [2.24, 2.45) is 0 Å². The first kappa shape index (κ1) is 13.3. The molecule has 0 amide bonds. The lowest BCUT2D eigenvalue weighted by atomic mass is 10.2. The minimum atomic E-state index is -0.136. The molecule has 1 fully saturated rings. The lowest BCUT2D eigenvalue weighted by Crippen LogP contribution is -2.22. The van der Waals surface area contributed by atoms with Crippen LogP contribution in [0, 0.1) is 0 Å². The number of aromatic nitrogens is 2. The van der Waals surface area contributed by atoms with E-state index in [0.717, 1.165) is 37.2 Å². The summed E-state index contributed by atoms with van der Waals surface area (Å²) < 4.78 is 3.69. The van der Waals surface area contributed by atoms with Crippen molar-refractivity contribution in [1.29, 1.82) is 0 Å². The molecular weight excluding hydrogens is 274 g/mol. The maximum atomic E-state index is 12.5. The second-order valence-corrected chi connectivity index (χ2v) is 5.73. The summed E-state index contributed by atoms with van der Waals surface area (Å²) >= 11 is 6.04. The van der Waals surface area contributed by atoms with Gasteiger partial charge in [0, 0.05) is 17.5 Å². The zero-order valence-corrected chi connectivity index (χ0v) is 12.2. The highest BCUT2D eigenvalue weighted by molar-refractivity contribution is 6.30. The van der Waals surface area contributed by atoms with E-state index in [2.05, 4.69) is 6.92 Å². The molecule has 4 nitrogen and oxygen atoms in total. The molecule has 0 radical (unpaired) electrons. The van der Waals surface area contributed by atoms with E-state index >= 15 is 0 Å². The van der Waals surface area contributed by atoms with E-state index in [1.54, 1.807) is 16.8 Å². The average molecular weight is 292 g/mol. The fraction of sp³-hybridized carbons (Fsp3) is 0.400. The molecule has 3 rings (SSSR count). The number of hydrogen-bond acceptors (Lipinski definition) is 2. The number of rotatable bonds is 4. The van der Waals surface area contributed by atoms with Gasteiger partial charge in [-0.25, -0.2) is 4.68 Å². The highest BCUT2D eigenvalue weighted by atomic mass is 35.5. The van der Waals surface area contributed by atoms with Crippen molar-refractivity contribution in [3.63, 3.8) is 0 Å². The average Bonchev–Trinajstić information content (AvgIpc) is 3.20. The quantitative estimate of drug-likeness (QED) is 0.941. The summed E-state index contributed by atoms with van der Waals surface area (Å²) in [5, 5.41) is 0.616. The van der Waals surface area contributed by atoms with Crippen LogP contribution in [0.2, 0.25) is 5.02 Å².